The Morgan fingerprint density at radius 1 is 1.16 bits per heavy atom. The Labute approximate surface area is 110 Å². The zero-order valence-corrected chi connectivity index (χ0v) is 10.5. The van der Waals surface area contributed by atoms with Crippen LogP contribution in [0.25, 0.3) is 0 Å². The number of carbonyl (C=O) groups excluding carboxylic acids is 2. The second-order valence-electron chi connectivity index (χ2n) is 4.22. The van der Waals surface area contributed by atoms with Gasteiger partial charge in [0.1, 0.15) is 11.5 Å². The molecule has 7 heteroatoms. The molecule has 0 radical (unpaired) electrons. The summed E-state index contributed by atoms with van der Waals surface area (Å²) in [5.41, 5.74) is 10.4. The van der Waals surface area contributed by atoms with Crippen molar-refractivity contribution in [2.24, 2.45) is 11.5 Å². The Hall–Kier alpha value is -2.28. The van der Waals surface area contributed by atoms with Crippen LogP contribution in [0.3, 0.4) is 0 Å². The molecule has 0 saturated carbocycles. The number of rotatable bonds is 6. The Kier molecular flexibility index (Phi) is 4.71. The Morgan fingerprint density at radius 2 is 1.58 bits per heavy atom. The van der Waals surface area contributed by atoms with Gasteiger partial charge in [0.25, 0.3) is 0 Å². The minimum absolute atomic E-state index is 0.133. The number of hydrogen-bond acceptors (Lipinski definition) is 5. The summed E-state index contributed by atoms with van der Waals surface area (Å²) in [7, 11) is 0. The first-order valence-electron chi connectivity index (χ1n) is 5.64. The van der Waals surface area contributed by atoms with Gasteiger partial charge in [0.15, 0.2) is 0 Å². The maximum atomic E-state index is 11.0. The number of hydrogen-bond donors (Lipinski definition) is 4. The average molecular weight is 267 g/mol. The molecule has 1 aromatic rings. The summed E-state index contributed by atoms with van der Waals surface area (Å²) in [5.74, 6) is -1.54. The molecule has 1 unspecified atom stereocenters. The van der Waals surface area contributed by atoms with Crippen LogP contribution in [0.2, 0.25) is 0 Å². The molecule has 0 aliphatic carbocycles. The van der Waals surface area contributed by atoms with Crippen molar-refractivity contribution < 1.29 is 19.8 Å². The molecular formula is C12H17N3O4. The number of primary amides is 2. The normalized spacial score (nSPS) is 12.3. The van der Waals surface area contributed by atoms with Gasteiger partial charge in [-0.3, -0.25) is 14.5 Å². The molecule has 0 saturated heterocycles. The smallest absolute Gasteiger partial charge is 0.231 e. The monoisotopic (exact) mass is 267 g/mol. The zero-order valence-electron chi connectivity index (χ0n) is 10.5. The molecule has 2 amide bonds. The van der Waals surface area contributed by atoms with E-state index in [2.05, 4.69) is 0 Å². The number of nitrogens with zero attached hydrogens (tertiary/aromatic N) is 1. The summed E-state index contributed by atoms with van der Waals surface area (Å²) < 4.78 is 0. The third kappa shape index (κ3) is 3.85. The molecule has 19 heavy (non-hydrogen) atoms. The molecule has 0 bridgehead atoms. The van der Waals surface area contributed by atoms with E-state index >= 15 is 0 Å². The highest BCUT2D eigenvalue weighted by Gasteiger charge is 2.24. The lowest BCUT2D eigenvalue weighted by Crippen LogP contribution is -2.41. The second-order valence-corrected chi connectivity index (χ2v) is 4.22. The van der Waals surface area contributed by atoms with Crippen LogP contribution in [0.1, 0.15) is 18.5 Å². The van der Waals surface area contributed by atoms with E-state index in [0.29, 0.717) is 0 Å². The molecule has 1 atom stereocenters. The summed E-state index contributed by atoms with van der Waals surface area (Å²) in [4.78, 5) is 23.4. The predicted molar refractivity (Wildman–Crippen MR) is 68.1 cm³/mol. The summed E-state index contributed by atoms with van der Waals surface area (Å²) in [6.45, 7) is 1.20. The number of aromatic hydroxyl groups is 2. The Bertz CT molecular complexity index is 454. The third-order valence-corrected chi connectivity index (χ3v) is 2.74. The molecule has 0 aliphatic heterocycles. The van der Waals surface area contributed by atoms with E-state index < -0.39 is 17.9 Å². The fraction of sp³-hybridized carbons (Fsp3) is 0.333. The largest absolute Gasteiger partial charge is 0.507 e. The minimum atomic E-state index is -0.636. The molecule has 7 nitrogen and oxygen atoms in total. The average Bonchev–Trinajstić information content (AvgIpc) is 2.26. The first kappa shape index (κ1) is 14.8. The molecule has 104 valence electrons. The van der Waals surface area contributed by atoms with Crippen molar-refractivity contribution in [3.05, 3.63) is 23.8 Å². The highest BCUT2D eigenvalue weighted by atomic mass is 16.3. The first-order valence-corrected chi connectivity index (χ1v) is 5.64. The van der Waals surface area contributed by atoms with Crippen LogP contribution in [0.5, 0.6) is 11.5 Å². The Balaban J connectivity index is 3.07. The second kappa shape index (κ2) is 6.05. The van der Waals surface area contributed by atoms with Gasteiger partial charge in [-0.2, -0.15) is 0 Å². The van der Waals surface area contributed by atoms with E-state index in [4.69, 9.17) is 11.5 Å². The van der Waals surface area contributed by atoms with Gasteiger partial charge in [-0.15, -0.1) is 0 Å². The van der Waals surface area contributed by atoms with Crippen LogP contribution >= 0.6 is 0 Å². The number of nitrogens with two attached hydrogens (primary N) is 2. The van der Waals surface area contributed by atoms with Crippen molar-refractivity contribution >= 4 is 11.8 Å². The van der Waals surface area contributed by atoms with Crippen molar-refractivity contribution in [2.75, 3.05) is 13.1 Å². The maximum Gasteiger partial charge on any atom is 0.231 e. The van der Waals surface area contributed by atoms with Crippen LogP contribution < -0.4 is 11.5 Å². The maximum absolute atomic E-state index is 11.0. The lowest BCUT2D eigenvalue weighted by atomic mass is 10.0. The summed E-state index contributed by atoms with van der Waals surface area (Å²) >= 11 is 0. The number of phenolic OH excluding ortho intramolecular Hbond substituents is 2. The van der Waals surface area contributed by atoms with Crippen molar-refractivity contribution in [1.29, 1.82) is 0 Å². The van der Waals surface area contributed by atoms with E-state index in [9.17, 15) is 19.8 Å². The van der Waals surface area contributed by atoms with Crippen molar-refractivity contribution in [1.82, 2.24) is 4.90 Å². The fourth-order valence-corrected chi connectivity index (χ4v) is 1.88. The van der Waals surface area contributed by atoms with Crippen molar-refractivity contribution in [2.45, 2.75) is 13.0 Å². The minimum Gasteiger partial charge on any atom is -0.507 e. The van der Waals surface area contributed by atoms with Crippen molar-refractivity contribution in [3.8, 4) is 11.5 Å². The quantitative estimate of drug-likeness (QED) is 0.548. The van der Waals surface area contributed by atoms with Gasteiger partial charge in [-0.05, 0) is 19.1 Å². The molecule has 0 aliphatic rings. The molecule has 6 N–H and O–H groups in total. The molecule has 0 heterocycles. The standard InChI is InChI=1S/C12H17N3O4/c1-7(12-8(16)3-2-4-9(12)17)15(5-10(13)18)6-11(14)19/h2-4,7,16-17H,5-6H2,1H3,(H2,13,18)(H2,14,19). The van der Waals surface area contributed by atoms with Crippen LogP contribution in [0.15, 0.2) is 18.2 Å². The highest BCUT2D eigenvalue weighted by Crippen LogP contribution is 2.35. The molecule has 0 fully saturated rings. The summed E-state index contributed by atoms with van der Waals surface area (Å²) in [6.07, 6.45) is 0. The molecular weight excluding hydrogens is 250 g/mol. The number of amides is 2. The fourth-order valence-electron chi connectivity index (χ4n) is 1.88. The van der Waals surface area contributed by atoms with Gasteiger partial charge in [0, 0.05) is 6.04 Å². The zero-order chi connectivity index (χ0) is 14.6. The molecule has 0 aromatic heterocycles. The summed E-state index contributed by atoms with van der Waals surface area (Å²) in [5, 5.41) is 19.5. The SMILES string of the molecule is CC(c1c(O)cccc1O)N(CC(N)=O)CC(N)=O. The van der Waals surface area contributed by atoms with Crippen LogP contribution in [0, 0.1) is 0 Å². The molecule has 1 rings (SSSR count). The van der Waals surface area contributed by atoms with Gasteiger partial charge >= 0.3 is 0 Å². The van der Waals surface area contributed by atoms with E-state index in [1.807, 2.05) is 0 Å². The summed E-state index contributed by atoms with van der Waals surface area (Å²) in [6, 6.07) is 3.69. The van der Waals surface area contributed by atoms with Crippen LogP contribution in [-0.2, 0) is 9.59 Å². The van der Waals surface area contributed by atoms with Gasteiger partial charge in [0.2, 0.25) is 11.8 Å². The highest BCUT2D eigenvalue weighted by molar-refractivity contribution is 5.79. The first-order chi connectivity index (χ1) is 8.82. The van der Waals surface area contributed by atoms with E-state index in [-0.39, 0.29) is 30.2 Å². The lowest BCUT2D eigenvalue weighted by Gasteiger charge is -2.27. The van der Waals surface area contributed by atoms with Gasteiger partial charge < -0.3 is 21.7 Å². The number of benzene rings is 1. The third-order valence-electron chi connectivity index (χ3n) is 2.74. The van der Waals surface area contributed by atoms with Crippen LogP contribution in [-0.4, -0.2) is 40.0 Å². The van der Waals surface area contributed by atoms with E-state index in [1.54, 1.807) is 6.92 Å². The van der Waals surface area contributed by atoms with Gasteiger partial charge in [-0.1, -0.05) is 6.07 Å². The number of phenols is 2. The topological polar surface area (TPSA) is 130 Å². The predicted octanol–water partition coefficient (Wildman–Crippen LogP) is -0.569. The Morgan fingerprint density at radius 3 is 1.95 bits per heavy atom. The van der Waals surface area contributed by atoms with Gasteiger partial charge in [0.05, 0.1) is 18.7 Å². The van der Waals surface area contributed by atoms with E-state index in [1.165, 1.54) is 23.1 Å². The molecule has 0 spiro atoms. The van der Waals surface area contributed by atoms with Crippen molar-refractivity contribution in [3.63, 3.8) is 0 Å². The number of carbonyl (C=O) groups is 2. The van der Waals surface area contributed by atoms with E-state index in [0.717, 1.165) is 0 Å². The molecule has 1 aromatic carbocycles. The van der Waals surface area contributed by atoms with Gasteiger partial charge in [-0.25, -0.2) is 0 Å². The lowest BCUT2D eigenvalue weighted by molar-refractivity contribution is -0.122. The van der Waals surface area contributed by atoms with Crippen LogP contribution in [0.4, 0.5) is 0 Å².